The molecular formula is C25H16N2O. The first kappa shape index (κ1) is 15.3. The van der Waals surface area contributed by atoms with Crippen LogP contribution in [0.2, 0.25) is 0 Å². The Kier molecular flexibility index (Phi) is 3.09. The largest absolute Gasteiger partial charge is 0.438 e. The molecule has 0 spiro atoms. The molecule has 4 aromatic carbocycles. The van der Waals surface area contributed by atoms with Crippen molar-refractivity contribution in [2.45, 2.75) is 6.92 Å². The highest BCUT2D eigenvalue weighted by Gasteiger charge is 2.18. The van der Waals surface area contributed by atoms with Crippen LogP contribution >= 0.6 is 0 Å². The summed E-state index contributed by atoms with van der Waals surface area (Å²) in [4.78, 5) is 9.44. The molecule has 0 bridgehead atoms. The maximum Gasteiger partial charge on any atom is 0.231 e. The number of rotatable bonds is 1. The van der Waals surface area contributed by atoms with Crippen molar-refractivity contribution in [3.63, 3.8) is 0 Å². The van der Waals surface area contributed by atoms with Crippen molar-refractivity contribution >= 4 is 43.6 Å². The third-order valence-corrected chi connectivity index (χ3v) is 5.37. The topological polar surface area (TPSA) is 38.9 Å². The number of hydrogen-bond donors (Lipinski definition) is 0. The Bertz CT molecular complexity index is 1530. The van der Waals surface area contributed by atoms with E-state index in [2.05, 4.69) is 65.6 Å². The number of benzene rings is 4. The van der Waals surface area contributed by atoms with Gasteiger partial charge in [-0.25, -0.2) is 4.98 Å². The van der Waals surface area contributed by atoms with E-state index in [0.717, 1.165) is 27.6 Å². The smallest absolute Gasteiger partial charge is 0.231 e. The van der Waals surface area contributed by atoms with E-state index in [1.54, 1.807) is 0 Å². The first-order chi connectivity index (χ1) is 13.8. The Morgan fingerprint density at radius 2 is 1.36 bits per heavy atom. The van der Waals surface area contributed by atoms with Crippen LogP contribution < -0.4 is 0 Å². The van der Waals surface area contributed by atoms with Gasteiger partial charge >= 0.3 is 0 Å². The predicted octanol–water partition coefficient (Wildman–Crippen LogP) is 6.66. The number of fused-ring (bicyclic) bond motifs is 6. The zero-order chi connectivity index (χ0) is 18.7. The molecule has 132 valence electrons. The number of aryl methyl sites for hydroxylation is 1. The van der Waals surface area contributed by atoms with E-state index in [-0.39, 0.29) is 0 Å². The van der Waals surface area contributed by atoms with Gasteiger partial charge in [-0.2, -0.15) is 4.98 Å². The van der Waals surface area contributed by atoms with Gasteiger partial charge in [0.1, 0.15) is 11.4 Å². The van der Waals surface area contributed by atoms with E-state index in [1.807, 2.05) is 25.1 Å². The van der Waals surface area contributed by atoms with E-state index in [1.165, 1.54) is 21.5 Å². The third-order valence-electron chi connectivity index (χ3n) is 5.37. The molecule has 3 nitrogen and oxygen atoms in total. The zero-order valence-electron chi connectivity index (χ0n) is 15.3. The summed E-state index contributed by atoms with van der Waals surface area (Å²) in [6, 6.07) is 27.3. The molecule has 2 heterocycles. The maximum atomic E-state index is 6.04. The second kappa shape index (κ2) is 5.64. The van der Waals surface area contributed by atoms with Gasteiger partial charge in [0, 0.05) is 10.9 Å². The molecule has 0 aliphatic heterocycles. The molecule has 0 saturated heterocycles. The summed E-state index contributed by atoms with van der Waals surface area (Å²) < 4.78 is 6.04. The summed E-state index contributed by atoms with van der Waals surface area (Å²) in [7, 11) is 0. The SMILES string of the molecule is Cc1nc(-c2cc3ccccc3c3ccccc23)c2c(n1)oc1ccccc12. The van der Waals surface area contributed by atoms with Gasteiger partial charge in [-0.1, -0.05) is 66.7 Å². The number of hydrogen-bond acceptors (Lipinski definition) is 3. The summed E-state index contributed by atoms with van der Waals surface area (Å²) in [5.41, 5.74) is 3.51. The lowest BCUT2D eigenvalue weighted by Gasteiger charge is -2.11. The van der Waals surface area contributed by atoms with Crippen LogP contribution in [0.15, 0.2) is 83.3 Å². The van der Waals surface area contributed by atoms with Crippen molar-refractivity contribution in [3.8, 4) is 11.3 Å². The second-order valence-corrected chi connectivity index (χ2v) is 7.09. The number of para-hydroxylation sites is 1. The summed E-state index contributed by atoms with van der Waals surface area (Å²) in [5.74, 6) is 0.707. The third kappa shape index (κ3) is 2.10. The first-order valence-corrected chi connectivity index (χ1v) is 9.36. The minimum atomic E-state index is 0.640. The Hall–Kier alpha value is -3.72. The van der Waals surface area contributed by atoms with Crippen molar-refractivity contribution in [2.24, 2.45) is 0 Å². The molecule has 0 amide bonds. The molecule has 0 atom stereocenters. The minimum Gasteiger partial charge on any atom is -0.438 e. The van der Waals surface area contributed by atoms with Gasteiger partial charge in [-0.15, -0.1) is 0 Å². The molecule has 6 aromatic rings. The molecule has 0 fully saturated rings. The van der Waals surface area contributed by atoms with Gasteiger partial charge in [-0.3, -0.25) is 0 Å². The number of nitrogens with zero attached hydrogens (tertiary/aromatic N) is 2. The normalized spacial score (nSPS) is 11.8. The van der Waals surface area contributed by atoms with Crippen molar-refractivity contribution < 1.29 is 4.42 Å². The van der Waals surface area contributed by atoms with Crippen molar-refractivity contribution in [1.82, 2.24) is 9.97 Å². The molecule has 6 rings (SSSR count). The van der Waals surface area contributed by atoms with Crippen LogP contribution in [0.25, 0.3) is 54.9 Å². The molecule has 0 radical (unpaired) electrons. The summed E-state index contributed by atoms with van der Waals surface area (Å²) in [6.45, 7) is 1.92. The Balaban J connectivity index is 1.85. The molecule has 3 heteroatoms. The van der Waals surface area contributed by atoms with Crippen LogP contribution in [-0.4, -0.2) is 9.97 Å². The van der Waals surface area contributed by atoms with Crippen molar-refractivity contribution in [2.75, 3.05) is 0 Å². The average Bonchev–Trinajstić information content (AvgIpc) is 3.10. The summed E-state index contributed by atoms with van der Waals surface area (Å²) in [5, 5.41) is 6.89. The van der Waals surface area contributed by atoms with Gasteiger partial charge in [-0.05, 0) is 40.6 Å². The number of furan rings is 1. The van der Waals surface area contributed by atoms with Gasteiger partial charge in [0.15, 0.2) is 0 Å². The van der Waals surface area contributed by atoms with Crippen LogP contribution in [-0.2, 0) is 0 Å². The quantitative estimate of drug-likeness (QED) is 0.308. The van der Waals surface area contributed by atoms with E-state index >= 15 is 0 Å². The first-order valence-electron chi connectivity index (χ1n) is 9.36. The van der Waals surface area contributed by atoms with E-state index in [9.17, 15) is 0 Å². The monoisotopic (exact) mass is 360 g/mol. The van der Waals surface area contributed by atoms with E-state index in [0.29, 0.717) is 11.5 Å². The molecule has 0 unspecified atom stereocenters. The molecule has 2 aromatic heterocycles. The lowest BCUT2D eigenvalue weighted by molar-refractivity contribution is 0.651. The molecule has 0 aliphatic carbocycles. The van der Waals surface area contributed by atoms with E-state index in [4.69, 9.17) is 9.40 Å². The average molecular weight is 360 g/mol. The number of aromatic nitrogens is 2. The highest BCUT2D eigenvalue weighted by atomic mass is 16.3. The predicted molar refractivity (Wildman–Crippen MR) is 114 cm³/mol. The fourth-order valence-corrected chi connectivity index (χ4v) is 4.17. The fraction of sp³-hybridized carbons (Fsp3) is 0.0400. The van der Waals surface area contributed by atoms with Crippen LogP contribution in [0, 0.1) is 6.92 Å². The Morgan fingerprint density at radius 3 is 2.21 bits per heavy atom. The lowest BCUT2D eigenvalue weighted by atomic mass is 9.94. The van der Waals surface area contributed by atoms with Gasteiger partial charge in [0.2, 0.25) is 5.71 Å². The standard InChI is InChI=1S/C25H16N2O/c1-15-26-24(23-20-12-6-7-13-22(20)28-25(23)27-15)21-14-16-8-2-3-9-17(16)18-10-4-5-11-19(18)21/h2-14H,1H3. The second-order valence-electron chi connectivity index (χ2n) is 7.09. The van der Waals surface area contributed by atoms with Crippen LogP contribution in [0.3, 0.4) is 0 Å². The Labute approximate surface area is 161 Å². The van der Waals surface area contributed by atoms with Gasteiger partial charge in [0.05, 0.1) is 11.1 Å². The highest BCUT2D eigenvalue weighted by molar-refractivity contribution is 6.18. The van der Waals surface area contributed by atoms with Crippen LogP contribution in [0.5, 0.6) is 0 Å². The summed E-state index contributed by atoms with van der Waals surface area (Å²) in [6.07, 6.45) is 0. The molecule has 28 heavy (non-hydrogen) atoms. The van der Waals surface area contributed by atoms with E-state index < -0.39 is 0 Å². The fourth-order valence-electron chi connectivity index (χ4n) is 4.17. The minimum absolute atomic E-state index is 0.640. The van der Waals surface area contributed by atoms with Crippen LogP contribution in [0.1, 0.15) is 5.82 Å². The molecule has 0 N–H and O–H groups in total. The maximum absolute atomic E-state index is 6.04. The summed E-state index contributed by atoms with van der Waals surface area (Å²) >= 11 is 0. The Morgan fingerprint density at radius 1 is 0.679 bits per heavy atom. The van der Waals surface area contributed by atoms with Crippen molar-refractivity contribution in [3.05, 3.63) is 84.7 Å². The molecule has 0 saturated carbocycles. The van der Waals surface area contributed by atoms with Gasteiger partial charge in [0.25, 0.3) is 0 Å². The zero-order valence-corrected chi connectivity index (χ0v) is 15.3. The highest BCUT2D eigenvalue weighted by Crippen LogP contribution is 2.39. The van der Waals surface area contributed by atoms with Crippen LogP contribution in [0.4, 0.5) is 0 Å². The van der Waals surface area contributed by atoms with Crippen molar-refractivity contribution in [1.29, 1.82) is 0 Å². The molecule has 0 aliphatic rings. The lowest BCUT2D eigenvalue weighted by Crippen LogP contribution is -1.94. The van der Waals surface area contributed by atoms with Gasteiger partial charge < -0.3 is 4.42 Å². The molecular weight excluding hydrogens is 344 g/mol.